The maximum absolute atomic E-state index is 12.9. The smallest absolute Gasteiger partial charge is 0.241 e. The predicted octanol–water partition coefficient (Wildman–Crippen LogP) is 1.61. The van der Waals surface area contributed by atoms with E-state index >= 15 is 0 Å². The highest BCUT2D eigenvalue weighted by molar-refractivity contribution is 6.33. The normalized spacial score (nSPS) is 18.4. The fourth-order valence-corrected chi connectivity index (χ4v) is 2.59. The van der Waals surface area contributed by atoms with Gasteiger partial charge in [-0.3, -0.25) is 9.59 Å². The van der Waals surface area contributed by atoms with Crippen LogP contribution in [0.1, 0.15) is 12.8 Å². The summed E-state index contributed by atoms with van der Waals surface area (Å²) in [5.74, 6) is -1.22. The van der Waals surface area contributed by atoms with E-state index in [1.165, 1.54) is 18.2 Å². The van der Waals surface area contributed by atoms with Crippen molar-refractivity contribution in [2.75, 3.05) is 25.0 Å². The lowest BCUT2D eigenvalue weighted by atomic mass is 9.97. The molecule has 1 atom stereocenters. The molecule has 7 heteroatoms. The van der Waals surface area contributed by atoms with Gasteiger partial charge in [-0.1, -0.05) is 11.6 Å². The number of benzene rings is 1. The van der Waals surface area contributed by atoms with Crippen LogP contribution in [0.15, 0.2) is 18.2 Å². The van der Waals surface area contributed by atoms with Crippen molar-refractivity contribution < 1.29 is 14.0 Å². The number of hydrogen-bond acceptors (Lipinski definition) is 3. The molecule has 114 valence electrons. The van der Waals surface area contributed by atoms with Crippen LogP contribution in [0.5, 0.6) is 0 Å². The molecule has 2 amide bonds. The summed E-state index contributed by atoms with van der Waals surface area (Å²) in [7, 11) is 0. The predicted molar refractivity (Wildman–Crippen MR) is 78.4 cm³/mol. The number of hydrogen-bond donors (Lipinski definition) is 2. The number of likely N-dealkylation sites (tertiary alicyclic amines) is 1. The summed E-state index contributed by atoms with van der Waals surface area (Å²) in [4.78, 5) is 24.9. The molecule has 1 saturated heterocycles. The molecular weight excluding hydrogens is 297 g/mol. The Morgan fingerprint density at radius 1 is 1.48 bits per heavy atom. The number of nitrogens with zero attached hydrogens (tertiary/aromatic N) is 1. The largest absolute Gasteiger partial charge is 0.375 e. The van der Waals surface area contributed by atoms with E-state index in [9.17, 15) is 14.0 Å². The third-order valence-electron chi connectivity index (χ3n) is 3.54. The molecule has 0 radical (unpaired) electrons. The minimum absolute atomic E-state index is 0.0385. The number of rotatable bonds is 4. The van der Waals surface area contributed by atoms with Gasteiger partial charge in [-0.2, -0.15) is 0 Å². The highest BCUT2D eigenvalue weighted by Crippen LogP contribution is 2.22. The van der Waals surface area contributed by atoms with E-state index in [0.717, 1.165) is 12.8 Å². The van der Waals surface area contributed by atoms with Gasteiger partial charge in [0, 0.05) is 13.1 Å². The third kappa shape index (κ3) is 4.07. The summed E-state index contributed by atoms with van der Waals surface area (Å²) in [6.07, 6.45) is 1.48. The highest BCUT2D eigenvalue weighted by Gasteiger charge is 2.26. The van der Waals surface area contributed by atoms with Crippen LogP contribution in [-0.2, 0) is 9.59 Å². The Morgan fingerprint density at radius 2 is 2.24 bits per heavy atom. The number of piperidine rings is 1. The van der Waals surface area contributed by atoms with E-state index in [0.29, 0.717) is 18.8 Å². The summed E-state index contributed by atoms with van der Waals surface area (Å²) in [6, 6.07) is 3.93. The molecule has 5 nitrogen and oxygen atoms in total. The van der Waals surface area contributed by atoms with Gasteiger partial charge in [-0.25, -0.2) is 4.39 Å². The van der Waals surface area contributed by atoms with E-state index < -0.39 is 5.82 Å². The van der Waals surface area contributed by atoms with Gasteiger partial charge in [0.05, 0.1) is 23.2 Å². The van der Waals surface area contributed by atoms with Crippen LogP contribution >= 0.6 is 11.6 Å². The first-order chi connectivity index (χ1) is 9.97. The molecule has 1 aliphatic heterocycles. The zero-order valence-electron chi connectivity index (χ0n) is 11.4. The lowest BCUT2D eigenvalue weighted by Gasteiger charge is -2.31. The van der Waals surface area contributed by atoms with E-state index in [2.05, 4.69) is 5.32 Å². The Bertz CT molecular complexity index is 553. The monoisotopic (exact) mass is 313 g/mol. The van der Waals surface area contributed by atoms with Crippen LogP contribution in [0, 0.1) is 11.7 Å². The molecular formula is C14H17ClFN3O2. The van der Waals surface area contributed by atoms with Gasteiger partial charge in [0.2, 0.25) is 11.8 Å². The van der Waals surface area contributed by atoms with Crippen molar-refractivity contribution in [2.45, 2.75) is 12.8 Å². The van der Waals surface area contributed by atoms with Gasteiger partial charge in [0.1, 0.15) is 5.82 Å². The van der Waals surface area contributed by atoms with Crippen LogP contribution in [0.25, 0.3) is 0 Å². The van der Waals surface area contributed by atoms with Crippen molar-refractivity contribution in [3.8, 4) is 0 Å². The fourth-order valence-electron chi connectivity index (χ4n) is 2.35. The van der Waals surface area contributed by atoms with Crippen LogP contribution in [-0.4, -0.2) is 36.3 Å². The number of nitrogens with two attached hydrogens (primary N) is 1. The van der Waals surface area contributed by atoms with Crippen LogP contribution in [0.2, 0.25) is 5.02 Å². The second kappa shape index (κ2) is 6.76. The molecule has 0 aliphatic carbocycles. The van der Waals surface area contributed by atoms with Crippen molar-refractivity contribution in [3.05, 3.63) is 29.0 Å². The van der Waals surface area contributed by atoms with Crippen molar-refractivity contribution in [2.24, 2.45) is 11.7 Å². The Labute approximate surface area is 127 Å². The summed E-state index contributed by atoms with van der Waals surface area (Å²) < 4.78 is 12.9. The summed E-state index contributed by atoms with van der Waals surface area (Å²) in [6.45, 7) is 1.01. The van der Waals surface area contributed by atoms with Crippen molar-refractivity contribution >= 4 is 29.1 Å². The summed E-state index contributed by atoms with van der Waals surface area (Å²) in [5, 5.41) is 3.09. The standard InChI is InChI=1S/C14H17ClFN3O2/c15-11-6-10(16)3-4-12(11)18-7-13(20)19-5-1-2-9(8-19)14(17)21/h3-4,6,9,18H,1-2,5,7-8H2,(H2,17,21)/t9-/m0/s1. The first-order valence-electron chi connectivity index (χ1n) is 6.73. The van der Waals surface area contributed by atoms with Crippen molar-refractivity contribution in [1.29, 1.82) is 0 Å². The number of amides is 2. The van der Waals surface area contributed by atoms with E-state index in [1.54, 1.807) is 4.90 Å². The summed E-state index contributed by atoms with van der Waals surface area (Å²) >= 11 is 5.87. The van der Waals surface area contributed by atoms with E-state index in [1.807, 2.05) is 0 Å². The van der Waals surface area contributed by atoms with Gasteiger partial charge < -0.3 is 16.0 Å². The maximum atomic E-state index is 12.9. The van der Waals surface area contributed by atoms with Crippen LogP contribution < -0.4 is 11.1 Å². The Hall–Kier alpha value is -1.82. The number of anilines is 1. The molecule has 1 aromatic rings. The van der Waals surface area contributed by atoms with Gasteiger partial charge in [-0.05, 0) is 31.0 Å². The lowest BCUT2D eigenvalue weighted by molar-refractivity contribution is -0.133. The molecule has 1 fully saturated rings. The molecule has 3 N–H and O–H groups in total. The number of carbonyl (C=O) groups excluding carboxylic acids is 2. The minimum Gasteiger partial charge on any atom is -0.375 e. The van der Waals surface area contributed by atoms with Gasteiger partial charge in [0.25, 0.3) is 0 Å². The van der Waals surface area contributed by atoms with Crippen LogP contribution in [0.4, 0.5) is 10.1 Å². The number of halogens is 2. The van der Waals surface area contributed by atoms with Gasteiger partial charge in [0.15, 0.2) is 0 Å². The quantitative estimate of drug-likeness (QED) is 0.887. The van der Waals surface area contributed by atoms with Gasteiger partial charge in [-0.15, -0.1) is 0 Å². The number of nitrogens with one attached hydrogen (secondary N) is 1. The average molecular weight is 314 g/mol. The first kappa shape index (κ1) is 15.6. The Kier molecular flexibility index (Phi) is 5.01. The van der Waals surface area contributed by atoms with E-state index in [4.69, 9.17) is 17.3 Å². The molecule has 0 unspecified atom stereocenters. The molecule has 0 spiro atoms. The Morgan fingerprint density at radius 3 is 2.90 bits per heavy atom. The third-order valence-corrected chi connectivity index (χ3v) is 3.85. The molecule has 1 aromatic carbocycles. The zero-order chi connectivity index (χ0) is 15.4. The Balaban J connectivity index is 1.90. The maximum Gasteiger partial charge on any atom is 0.241 e. The molecule has 0 aromatic heterocycles. The summed E-state index contributed by atoms with van der Waals surface area (Å²) in [5.41, 5.74) is 5.78. The van der Waals surface area contributed by atoms with Crippen LogP contribution in [0.3, 0.4) is 0 Å². The molecule has 1 aliphatic rings. The minimum atomic E-state index is -0.433. The fraction of sp³-hybridized carbons (Fsp3) is 0.429. The first-order valence-corrected chi connectivity index (χ1v) is 7.11. The molecule has 2 rings (SSSR count). The van der Waals surface area contributed by atoms with Crippen molar-refractivity contribution in [3.63, 3.8) is 0 Å². The lowest BCUT2D eigenvalue weighted by Crippen LogP contribution is -2.45. The highest BCUT2D eigenvalue weighted by atomic mass is 35.5. The molecule has 0 bridgehead atoms. The number of carbonyl (C=O) groups is 2. The van der Waals surface area contributed by atoms with Gasteiger partial charge >= 0.3 is 0 Å². The SMILES string of the molecule is NC(=O)[C@H]1CCCN(C(=O)CNc2ccc(F)cc2Cl)C1. The van der Waals surface area contributed by atoms with Crippen molar-refractivity contribution in [1.82, 2.24) is 4.90 Å². The zero-order valence-corrected chi connectivity index (χ0v) is 12.2. The molecule has 21 heavy (non-hydrogen) atoms. The topological polar surface area (TPSA) is 75.4 Å². The second-order valence-corrected chi connectivity index (χ2v) is 5.47. The number of primary amides is 1. The van der Waals surface area contributed by atoms with E-state index in [-0.39, 0.29) is 29.3 Å². The second-order valence-electron chi connectivity index (χ2n) is 5.06. The molecule has 1 heterocycles. The molecule has 0 saturated carbocycles. The average Bonchev–Trinajstić information content (AvgIpc) is 2.46.